The highest BCUT2D eigenvalue weighted by molar-refractivity contribution is 5.79. The van der Waals surface area contributed by atoms with Gasteiger partial charge < -0.3 is 20.2 Å². The smallest absolute Gasteiger partial charge is 0.278 e. The van der Waals surface area contributed by atoms with Crippen LogP contribution in [-0.4, -0.2) is 49.8 Å². The number of likely N-dealkylation sites (N-methyl/N-ethyl adjacent to an activating group) is 1. The molecule has 1 saturated heterocycles. The Morgan fingerprint density at radius 3 is 2.50 bits per heavy atom. The lowest BCUT2D eigenvalue weighted by Gasteiger charge is -2.36. The molecule has 0 aliphatic carbocycles. The molecule has 1 amide bonds. The average Bonchev–Trinajstić information content (AvgIpc) is 2.48. The van der Waals surface area contributed by atoms with Gasteiger partial charge in [0, 0.05) is 12.2 Å². The highest BCUT2D eigenvalue weighted by Gasteiger charge is 2.28. The third kappa shape index (κ3) is 3.42. The van der Waals surface area contributed by atoms with Crippen LogP contribution in [0.3, 0.4) is 0 Å². The molecular weight excluding hydrogens is 254 g/mol. The number of carbonyl (C=O) groups excluding carboxylic acids is 1. The van der Waals surface area contributed by atoms with Gasteiger partial charge >= 0.3 is 0 Å². The second kappa shape index (κ2) is 6.61. The fraction of sp³-hybridized carbons (Fsp3) is 0.533. The predicted molar refractivity (Wildman–Crippen MR) is 79.2 cm³/mol. The average molecular weight is 278 g/mol. The van der Waals surface area contributed by atoms with Crippen LogP contribution in [-0.2, 0) is 4.79 Å². The molecule has 110 valence electrons. The molecule has 0 aromatic heterocycles. The summed E-state index contributed by atoms with van der Waals surface area (Å²) < 4.78 is 0. The van der Waals surface area contributed by atoms with E-state index >= 15 is 0 Å². The number of hydrogen-bond donors (Lipinski definition) is 3. The maximum absolute atomic E-state index is 11.9. The minimum absolute atomic E-state index is 0.0110. The van der Waals surface area contributed by atoms with E-state index in [-0.39, 0.29) is 11.9 Å². The summed E-state index contributed by atoms with van der Waals surface area (Å²) in [7, 11) is 0. The van der Waals surface area contributed by atoms with Crippen molar-refractivity contribution < 1.29 is 14.8 Å². The van der Waals surface area contributed by atoms with Gasteiger partial charge in [0.1, 0.15) is 5.75 Å². The number of hydrogen-bond acceptors (Lipinski definition) is 3. The third-order valence-corrected chi connectivity index (χ3v) is 3.98. The quantitative estimate of drug-likeness (QED) is 0.704. The molecule has 0 saturated carbocycles. The van der Waals surface area contributed by atoms with Gasteiger partial charge in [-0.2, -0.15) is 0 Å². The molecule has 1 aliphatic rings. The first-order valence-electron chi connectivity index (χ1n) is 7.28. The van der Waals surface area contributed by atoms with Crippen molar-refractivity contribution in [2.45, 2.75) is 19.9 Å². The summed E-state index contributed by atoms with van der Waals surface area (Å²) in [5.41, 5.74) is 1.13. The zero-order valence-corrected chi connectivity index (χ0v) is 12.2. The lowest BCUT2D eigenvalue weighted by atomic mass is 10.2. The van der Waals surface area contributed by atoms with Crippen molar-refractivity contribution in [2.24, 2.45) is 0 Å². The first-order chi connectivity index (χ1) is 9.61. The van der Waals surface area contributed by atoms with E-state index in [2.05, 4.69) is 10.2 Å². The molecule has 1 aromatic carbocycles. The van der Waals surface area contributed by atoms with Crippen LogP contribution in [0.4, 0.5) is 5.69 Å². The number of anilines is 1. The number of phenols is 1. The van der Waals surface area contributed by atoms with Crippen LogP contribution in [0, 0.1) is 0 Å². The number of quaternary nitrogens is 1. The second-order valence-corrected chi connectivity index (χ2v) is 5.28. The number of nitrogens with one attached hydrogen (secondary N) is 2. The summed E-state index contributed by atoms with van der Waals surface area (Å²) in [6.07, 6.45) is 0. The van der Waals surface area contributed by atoms with Crippen LogP contribution in [0.5, 0.6) is 5.75 Å². The van der Waals surface area contributed by atoms with Gasteiger partial charge in [-0.15, -0.1) is 0 Å². The summed E-state index contributed by atoms with van der Waals surface area (Å²) in [6, 6.07) is 7.32. The van der Waals surface area contributed by atoms with Gasteiger partial charge in [0.15, 0.2) is 6.04 Å². The van der Waals surface area contributed by atoms with Crippen molar-refractivity contribution in [1.29, 1.82) is 0 Å². The van der Waals surface area contributed by atoms with Crippen molar-refractivity contribution in [3.05, 3.63) is 24.3 Å². The Bertz CT molecular complexity index is 439. The number of aromatic hydroxyl groups is 1. The molecule has 1 atom stereocenters. The lowest BCUT2D eigenvalue weighted by Crippen LogP contribution is -3.19. The van der Waals surface area contributed by atoms with E-state index in [4.69, 9.17) is 0 Å². The van der Waals surface area contributed by atoms with E-state index in [1.807, 2.05) is 26.0 Å². The van der Waals surface area contributed by atoms with Crippen molar-refractivity contribution in [2.75, 3.05) is 37.6 Å². The van der Waals surface area contributed by atoms with Gasteiger partial charge in [0.2, 0.25) is 0 Å². The van der Waals surface area contributed by atoms with Crippen molar-refractivity contribution in [3.8, 4) is 5.75 Å². The molecule has 5 heteroatoms. The standard InChI is InChI=1S/C15H23N3O2/c1-3-16-15(20)12(2)17-8-10-18(11-9-17)13-4-6-14(19)7-5-13/h4-7,12,19H,3,8-11H2,1-2H3,(H,16,20)/p+1/t12-/m1/s1. The molecule has 5 nitrogen and oxygen atoms in total. The maximum atomic E-state index is 11.9. The molecule has 1 aromatic rings. The highest BCUT2D eigenvalue weighted by Crippen LogP contribution is 2.18. The van der Waals surface area contributed by atoms with E-state index in [0.29, 0.717) is 12.3 Å². The number of rotatable bonds is 4. The number of carbonyl (C=O) groups is 1. The van der Waals surface area contributed by atoms with Crippen LogP contribution in [0.1, 0.15) is 13.8 Å². The molecular formula is C15H24N3O2+. The maximum Gasteiger partial charge on any atom is 0.278 e. The molecule has 0 bridgehead atoms. The van der Waals surface area contributed by atoms with E-state index < -0.39 is 0 Å². The van der Waals surface area contributed by atoms with Crippen LogP contribution in [0.15, 0.2) is 24.3 Å². The van der Waals surface area contributed by atoms with Crippen molar-refractivity contribution in [3.63, 3.8) is 0 Å². The molecule has 0 spiro atoms. The molecule has 20 heavy (non-hydrogen) atoms. The molecule has 0 unspecified atom stereocenters. The Hall–Kier alpha value is -1.75. The molecule has 1 heterocycles. The number of phenolic OH excluding ortho intramolecular Hbond substituents is 1. The first kappa shape index (κ1) is 14.7. The van der Waals surface area contributed by atoms with Crippen LogP contribution in [0.2, 0.25) is 0 Å². The summed E-state index contributed by atoms with van der Waals surface area (Å²) in [5.74, 6) is 0.434. The first-order valence-corrected chi connectivity index (χ1v) is 7.28. The summed E-state index contributed by atoms with van der Waals surface area (Å²) >= 11 is 0. The molecule has 1 aliphatic heterocycles. The molecule has 0 radical (unpaired) electrons. The zero-order valence-electron chi connectivity index (χ0n) is 12.2. The number of benzene rings is 1. The van der Waals surface area contributed by atoms with E-state index in [1.165, 1.54) is 4.90 Å². The normalized spacial score (nSPS) is 17.8. The van der Waals surface area contributed by atoms with Crippen LogP contribution in [0.25, 0.3) is 0 Å². The van der Waals surface area contributed by atoms with E-state index in [0.717, 1.165) is 31.9 Å². The minimum Gasteiger partial charge on any atom is -0.508 e. The summed E-state index contributed by atoms with van der Waals surface area (Å²) in [4.78, 5) is 15.5. The summed E-state index contributed by atoms with van der Waals surface area (Å²) in [5, 5.41) is 12.2. The Morgan fingerprint density at radius 2 is 1.95 bits per heavy atom. The number of amides is 1. The van der Waals surface area contributed by atoms with Gasteiger partial charge in [-0.1, -0.05) is 0 Å². The zero-order chi connectivity index (χ0) is 14.5. The van der Waals surface area contributed by atoms with Gasteiger partial charge in [0.05, 0.1) is 26.2 Å². The molecule has 1 fully saturated rings. The molecule has 3 N–H and O–H groups in total. The highest BCUT2D eigenvalue weighted by atomic mass is 16.3. The van der Waals surface area contributed by atoms with Crippen molar-refractivity contribution in [1.82, 2.24) is 5.32 Å². The Labute approximate surface area is 120 Å². The third-order valence-electron chi connectivity index (χ3n) is 3.98. The van der Waals surface area contributed by atoms with Gasteiger partial charge in [-0.25, -0.2) is 0 Å². The van der Waals surface area contributed by atoms with E-state index in [9.17, 15) is 9.90 Å². The van der Waals surface area contributed by atoms with E-state index in [1.54, 1.807) is 12.1 Å². The van der Waals surface area contributed by atoms with Gasteiger partial charge in [-0.3, -0.25) is 4.79 Å². The lowest BCUT2D eigenvalue weighted by molar-refractivity contribution is -0.914. The number of nitrogens with zero attached hydrogens (tertiary/aromatic N) is 1. The van der Waals surface area contributed by atoms with Gasteiger partial charge in [-0.05, 0) is 38.1 Å². The Kier molecular flexibility index (Phi) is 4.84. The Morgan fingerprint density at radius 1 is 1.35 bits per heavy atom. The minimum atomic E-state index is 0.0110. The molecule has 2 rings (SSSR count). The second-order valence-electron chi connectivity index (χ2n) is 5.28. The Balaban J connectivity index is 1.89. The fourth-order valence-electron chi connectivity index (χ4n) is 2.66. The van der Waals surface area contributed by atoms with Gasteiger partial charge in [0.25, 0.3) is 5.91 Å². The topological polar surface area (TPSA) is 57.0 Å². The van der Waals surface area contributed by atoms with Crippen LogP contribution < -0.4 is 15.1 Å². The number of piperazine rings is 1. The predicted octanol–water partition coefficient (Wildman–Crippen LogP) is -0.378. The SMILES string of the molecule is CCNC(=O)[C@@H](C)[NH+]1CCN(c2ccc(O)cc2)CC1. The largest absolute Gasteiger partial charge is 0.508 e. The van der Waals surface area contributed by atoms with Crippen LogP contribution >= 0.6 is 0 Å². The summed E-state index contributed by atoms with van der Waals surface area (Å²) in [6.45, 7) is 8.42. The fourth-order valence-corrected chi connectivity index (χ4v) is 2.66. The van der Waals surface area contributed by atoms with Crippen molar-refractivity contribution >= 4 is 11.6 Å². The monoisotopic (exact) mass is 278 g/mol.